The third-order valence-electron chi connectivity index (χ3n) is 3.70. The van der Waals surface area contributed by atoms with Gasteiger partial charge in [-0.25, -0.2) is 0 Å². The Kier molecular flexibility index (Phi) is 4.55. The Labute approximate surface area is 125 Å². The highest BCUT2D eigenvalue weighted by Crippen LogP contribution is 2.17. The highest BCUT2D eigenvalue weighted by Gasteiger charge is 2.23. The Morgan fingerprint density at radius 2 is 2.14 bits per heavy atom. The van der Waals surface area contributed by atoms with Crippen LogP contribution in [0.5, 0.6) is 0 Å². The normalized spacial score (nSPS) is 16.6. The van der Waals surface area contributed by atoms with Crippen LogP contribution in [0.1, 0.15) is 50.1 Å². The highest BCUT2D eigenvalue weighted by atomic mass is 16.2. The molecular weight excluding hydrogens is 268 g/mol. The standard InChI is InChI=1S/C15H24N4O2/c1-10(2)19-9-12(16)7-13(19)15(21)17-11(3)8-18-6-4-5-14(18)20/h7,9-11H,4-6,8,16H2,1-3H3,(H,17,21). The van der Waals surface area contributed by atoms with Crippen molar-refractivity contribution < 1.29 is 9.59 Å². The van der Waals surface area contributed by atoms with E-state index in [1.807, 2.05) is 25.3 Å². The second-order valence-corrected chi connectivity index (χ2v) is 5.98. The van der Waals surface area contributed by atoms with Crippen molar-refractivity contribution in [3.63, 3.8) is 0 Å². The van der Waals surface area contributed by atoms with E-state index < -0.39 is 0 Å². The molecule has 1 atom stereocenters. The van der Waals surface area contributed by atoms with Crippen molar-refractivity contribution in [3.05, 3.63) is 18.0 Å². The van der Waals surface area contributed by atoms with Crippen LogP contribution in [-0.2, 0) is 4.79 Å². The van der Waals surface area contributed by atoms with Gasteiger partial charge in [0, 0.05) is 37.8 Å². The molecule has 21 heavy (non-hydrogen) atoms. The van der Waals surface area contributed by atoms with E-state index in [1.165, 1.54) is 0 Å². The number of likely N-dealkylation sites (tertiary alicyclic amines) is 1. The molecule has 2 amide bonds. The van der Waals surface area contributed by atoms with E-state index in [-0.39, 0.29) is 23.9 Å². The van der Waals surface area contributed by atoms with Crippen molar-refractivity contribution in [1.82, 2.24) is 14.8 Å². The molecule has 0 radical (unpaired) electrons. The van der Waals surface area contributed by atoms with Gasteiger partial charge in [-0.1, -0.05) is 0 Å². The third kappa shape index (κ3) is 3.56. The summed E-state index contributed by atoms with van der Waals surface area (Å²) in [6, 6.07) is 1.76. The molecule has 1 aromatic heterocycles. The van der Waals surface area contributed by atoms with Crippen molar-refractivity contribution in [2.24, 2.45) is 0 Å². The molecule has 1 saturated heterocycles. The number of amides is 2. The van der Waals surface area contributed by atoms with Crippen LogP contribution in [0.2, 0.25) is 0 Å². The third-order valence-corrected chi connectivity index (χ3v) is 3.70. The maximum Gasteiger partial charge on any atom is 0.268 e. The lowest BCUT2D eigenvalue weighted by Gasteiger charge is -2.22. The summed E-state index contributed by atoms with van der Waals surface area (Å²) in [5.41, 5.74) is 6.92. The zero-order chi connectivity index (χ0) is 15.6. The van der Waals surface area contributed by atoms with E-state index in [0.717, 1.165) is 13.0 Å². The minimum Gasteiger partial charge on any atom is -0.397 e. The van der Waals surface area contributed by atoms with Gasteiger partial charge in [0.05, 0.1) is 5.69 Å². The highest BCUT2D eigenvalue weighted by molar-refractivity contribution is 5.94. The van der Waals surface area contributed by atoms with Crippen LogP contribution in [0.3, 0.4) is 0 Å². The lowest BCUT2D eigenvalue weighted by atomic mass is 10.2. The number of nitrogens with zero attached hydrogens (tertiary/aromatic N) is 2. The van der Waals surface area contributed by atoms with Crippen molar-refractivity contribution in [1.29, 1.82) is 0 Å². The molecule has 2 rings (SSSR count). The second-order valence-electron chi connectivity index (χ2n) is 5.98. The molecule has 0 bridgehead atoms. The number of nitrogen functional groups attached to an aromatic ring is 1. The summed E-state index contributed by atoms with van der Waals surface area (Å²) < 4.78 is 1.86. The van der Waals surface area contributed by atoms with E-state index in [2.05, 4.69) is 5.32 Å². The number of anilines is 1. The molecule has 6 heteroatoms. The summed E-state index contributed by atoms with van der Waals surface area (Å²) in [5, 5.41) is 2.94. The Hall–Kier alpha value is -1.98. The van der Waals surface area contributed by atoms with Crippen LogP contribution in [0.4, 0.5) is 5.69 Å². The van der Waals surface area contributed by atoms with E-state index in [4.69, 9.17) is 5.73 Å². The molecule has 1 aliphatic heterocycles. The summed E-state index contributed by atoms with van der Waals surface area (Å²) in [6.45, 7) is 7.26. The van der Waals surface area contributed by atoms with Crippen molar-refractivity contribution in [2.45, 2.75) is 45.7 Å². The van der Waals surface area contributed by atoms with Crippen LogP contribution < -0.4 is 11.1 Å². The summed E-state index contributed by atoms with van der Waals surface area (Å²) in [4.78, 5) is 25.8. The molecule has 0 saturated carbocycles. The average Bonchev–Trinajstić information content (AvgIpc) is 2.96. The molecule has 116 valence electrons. The molecule has 1 aliphatic rings. The quantitative estimate of drug-likeness (QED) is 0.860. The fourth-order valence-corrected chi connectivity index (χ4v) is 2.68. The Bertz CT molecular complexity index is 536. The number of hydrogen-bond acceptors (Lipinski definition) is 3. The van der Waals surface area contributed by atoms with Gasteiger partial charge in [-0.2, -0.15) is 0 Å². The van der Waals surface area contributed by atoms with Crippen LogP contribution in [0.25, 0.3) is 0 Å². The predicted molar refractivity (Wildman–Crippen MR) is 82.0 cm³/mol. The van der Waals surface area contributed by atoms with Crippen molar-refractivity contribution >= 4 is 17.5 Å². The number of carbonyl (C=O) groups excluding carboxylic acids is 2. The summed E-state index contributed by atoms with van der Waals surface area (Å²) in [5.74, 6) is 0.0189. The van der Waals surface area contributed by atoms with Gasteiger partial charge in [0.1, 0.15) is 5.69 Å². The van der Waals surface area contributed by atoms with Gasteiger partial charge < -0.3 is 20.5 Å². The molecule has 0 aromatic carbocycles. The maximum absolute atomic E-state index is 12.4. The monoisotopic (exact) mass is 292 g/mol. The van der Waals surface area contributed by atoms with Gasteiger partial charge >= 0.3 is 0 Å². The number of carbonyl (C=O) groups is 2. The van der Waals surface area contributed by atoms with Gasteiger partial charge in [-0.05, 0) is 33.3 Å². The van der Waals surface area contributed by atoms with Crippen LogP contribution in [0, 0.1) is 0 Å². The Morgan fingerprint density at radius 1 is 1.43 bits per heavy atom. The second kappa shape index (κ2) is 6.20. The van der Waals surface area contributed by atoms with Gasteiger partial charge in [-0.3, -0.25) is 9.59 Å². The first-order valence-electron chi connectivity index (χ1n) is 7.44. The van der Waals surface area contributed by atoms with Crippen molar-refractivity contribution in [2.75, 3.05) is 18.8 Å². The Balaban J connectivity index is 1.99. The molecule has 1 fully saturated rings. The largest absolute Gasteiger partial charge is 0.397 e. The van der Waals surface area contributed by atoms with Gasteiger partial charge in [0.2, 0.25) is 5.91 Å². The molecule has 0 spiro atoms. The van der Waals surface area contributed by atoms with E-state index in [0.29, 0.717) is 24.3 Å². The minimum absolute atomic E-state index is 0.0868. The molecule has 6 nitrogen and oxygen atoms in total. The first-order valence-corrected chi connectivity index (χ1v) is 7.44. The fraction of sp³-hybridized carbons (Fsp3) is 0.600. The van der Waals surface area contributed by atoms with E-state index in [9.17, 15) is 9.59 Å². The average molecular weight is 292 g/mol. The topological polar surface area (TPSA) is 80.4 Å². The van der Waals surface area contributed by atoms with E-state index in [1.54, 1.807) is 17.2 Å². The molecule has 0 aliphatic carbocycles. The van der Waals surface area contributed by atoms with Gasteiger partial charge in [0.15, 0.2) is 0 Å². The zero-order valence-electron chi connectivity index (χ0n) is 12.9. The van der Waals surface area contributed by atoms with Crippen LogP contribution >= 0.6 is 0 Å². The van der Waals surface area contributed by atoms with Gasteiger partial charge in [0.25, 0.3) is 5.91 Å². The first-order chi connectivity index (χ1) is 9.88. The molecular formula is C15H24N4O2. The summed E-state index contributed by atoms with van der Waals surface area (Å²) in [6.07, 6.45) is 3.30. The maximum atomic E-state index is 12.4. The number of nitrogens with one attached hydrogen (secondary N) is 1. The fourth-order valence-electron chi connectivity index (χ4n) is 2.68. The minimum atomic E-state index is -0.153. The molecule has 1 unspecified atom stereocenters. The molecule has 3 N–H and O–H groups in total. The lowest BCUT2D eigenvalue weighted by Crippen LogP contribution is -2.43. The summed E-state index contributed by atoms with van der Waals surface area (Å²) in [7, 11) is 0. The van der Waals surface area contributed by atoms with Crippen LogP contribution in [0.15, 0.2) is 12.3 Å². The number of hydrogen-bond donors (Lipinski definition) is 2. The molecule has 1 aromatic rings. The molecule has 2 heterocycles. The van der Waals surface area contributed by atoms with E-state index >= 15 is 0 Å². The van der Waals surface area contributed by atoms with Crippen molar-refractivity contribution in [3.8, 4) is 0 Å². The zero-order valence-corrected chi connectivity index (χ0v) is 12.9. The summed E-state index contributed by atoms with van der Waals surface area (Å²) >= 11 is 0. The first kappa shape index (κ1) is 15.4. The number of aromatic nitrogens is 1. The number of rotatable bonds is 5. The van der Waals surface area contributed by atoms with Gasteiger partial charge in [-0.15, -0.1) is 0 Å². The van der Waals surface area contributed by atoms with Crippen LogP contribution in [-0.4, -0.2) is 40.4 Å². The smallest absolute Gasteiger partial charge is 0.268 e. The predicted octanol–water partition coefficient (Wildman–Crippen LogP) is 1.39. The SMILES string of the molecule is CC(CN1CCCC1=O)NC(=O)c1cc(N)cn1C(C)C. The Morgan fingerprint density at radius 3 is 2.71 bits per heavy atom. The number of nitrogens with two attached hydrogens (primary N) is 1. The lowest BCUT2D eigenvalue weighted by molar-refractivity contribution is -0.127.